The molecule has 0 saturated carbocycles. The molecule has 0 bridgehead atoms. The molecule has 1 atom stereocenters. The van der Waals surface area contributed by atoms with Crippen LogP contribution in [0.15, 0.2) is 12.2 Å². The van der Waals surface area contributed by atoms with Gasteiger partial charge in [0.15, 0.2) is 0 Å². The van der Waals surface area contributed by atoms with Crippen LogP contribution in [-0.4, -0.2) is 37.1 Å². The molecule has 1 N–H and O–H groups in total. The summed E-state index contributed by atoms with van der Waals surface area (Å²) in [4.78, 5) is 2.49. The third kappa shape index (κ3) is 7.89. The molecule has 2 nitrogen and oxygen atoms in total. The predicted octanol–water partition coefficient (Wildman–Crippen LogP) is 3.05. The Kier molecular flexibility index (Phi) is 9.65. The minimum atomic E-state index is 0.609. The first-order chi connectivity index (χ1) is 7.63. The van der Waals surface area contributed by atoms with E-state index < -0.39 is 0 Å². The van der Waals surface area contributed by atoms with Crippen LogP contribution in [0, 0.1) is 0 Å². The molecule has 16 heavy (non-hydrogen) atoms. The Morgan fingerprint density at radius 3 is 2.31 bits per heavy atom. The van der Waals surface area contributed by atoms with E-state index in [4.69, 9.17) is 0 Å². The average molecular weight is 226 g/mol. The zero-order valence-electron chi connectivity index (χ0n) is 11.7. The van der Waals surface area contributed by atoms with Gasteiger partial charge in [0.2, 0.25) is 0 Å². The standard InChI is InChI=1S/C14H30N2/c1-6-10-15-14(12-13(4)5)9-11-16(7-2)8-3/h14-15H,4,6-12H2,1-3,5H3. The lowest BCUT2D eigenvalue weighted by Crippen LogP contribution is -2.35. The topological polar surface area (TPSA) is 15.3 Å². The Hall–Kier alpha value is -0.340. The van der Waals surface area contributed by atoms with Crippen LogP contribution in [0.2, 0.25) is 0 Å². The third-order valence-corrected chi connectivity index (χ3v) is 2.97. The Labute approximate surface area is 102 Å². The van der Waals surface area contributed by atoms with Crippen molar-refractivity contribution < 1.29 is 0 Å². The van der Waals surface area contributed by atoms with Crippen LogP contribution >= 0.6 is 0 Å². The molecule has 0 saturated heterocycles. The number of hydrogen-bond acceptors (Lipinski definition) is 2. The van der Waals surface area contributed by atoms with Crippen LogP contribution in [0.4, 0.5) is 0 Å². The molecule has 0 aromatic carbocycles. The first-order valence-corrected chi connectivity index (χ1v) is 6.74. The summed E-state index contributed by atoms with van der Waals surface area (Å²) >= 11 is 0. The van der Waals surface area contributed by atoms with Gasteiger partial charge in [-0.25, -0.2) is 0 Å². The average Bonchev–Trinajstić information content (AvgIpc) is 2.26. The SMILES string of the molecule is C=C(C)CC(CCN(CC)CC)NCCC. The quantitative estimate of drug-likeness (QED) is 0.576. The van der Waals surface area contributed by atoms with Gasteiger partial charge in [-0.05, 0) is 52.4 Å². The van der Waals surface area contributed by atoms with Crippen molar-refractivity contribution in [1.29, 1.82) is 0 Å². The normalized spacial score (nSPS) is 13.1. The van der Waals surface area contributed by atoms with Crippen LogP contribution in [-0.2, 0) is 0 Å². The number of nitrogens with zero attached hydrogens (tertiary/aromatic N) is 1. The van der Waals surface area contributed by atoms with Crippen LogP contribution in [0.3, 0.4) is 0 Å². The Morgan fingerprint density at radius 1 is 1.25 bits per heavy atom. The molecule has 0 fully saturated rings. The fourth-order valence-corrected chi connectivity index (χ4v) is 1.92. The minimum Gasteiger partial charge on any atom is -0.314 e. The fourth-order valence-electron chi connectivity index (χ4n) is 1.92. The van der Waals surface area contributed by atoms with E-state index >= 15 is 0 Å². The van der Waals surface area contributed by atoms with Crippen molar-refractivity contribution in [1.82, 2.24) is 10.2 Å². The maximum atomic E-state index is 4.02. The van der Waals surface area contributed by atoms with E-state index in [1.807, 2.05) is 0 Å². The van der Waals surface area contributed by atoms with E-state index in [-0.39, 0.29) is 0 Å². The molecular weight excluding hydrogens is 196 g/mol. The van der Waals surface area contributed by atoms with E-state index in [0.717, 1.165) is 26.1 Å². The van der Waals surface area contributed by atoms with E-state index in [9.17, 15) is 0 Å². The molecule has 0 aliphatic carbocycles. The van der Waals surface area contributed by atoms with Crippen LogP contribution in [0.25, 0.3) is 0 Å². The molecule has 0 aliphatic heterocycles. The molecule has 96 valence electrons. The van der Waals surface area contributed by atoms with Crippen LogP contribution in [0.5, 0.6) is 0 Å². The van der Waals surface area contributed by atoms with Crippen LogP contribution in [0.1, 0.15) is 47.0 Å². The van der Waals surface area contributed by atoms with E-state index in [2.05, 4.69) is 44.5 Å². The molecule has 2 heteroatoms. The molecule has 0 rings (SSSR count). The van der Waals surface area contributed by atoms with Gasteiger partial charge >= 0.3 is 0 Å². The zero-order valence-corrected chi connectivity index (χ0v) is 11.7. The highest BCUT2D eigenvalue weighted by Crippen LogP contribution is 2.07. The lowest BCUT2D eigenvalue weighted by Gasteiger charge is -2.23. The summed E-state index contributed by atoms with van der Waals surface area (Å²) in [5.74, 6) is 0. The van der Waals surface area contributed by atoms with Crippen molar-refractivity contribution in [3.8, 4) is 0 Å². The van der Waals surface area contributed by atoms with Crippen LogP contribution < -0.4 is 5.32 Å². The predicted molar refractivity (Wildman–Crippen MR) is 73.9 cm³/mol. The van der Waals surface area contributed by atoms with Crippen molar-refractivity contribution in [3.63, 3.8) is 0 Å². The van der Waals surface area contributed by atoms with Gasteiger partial charge in [-0.15, -0.1) is 6.58 Å². The maximum Gasteiger partial charge on any atom is 0.0116 e. The minimum absolute atomic E-state index is 0.609. The first kappa shape index (κ1) is 15.7. The second-order valence-corrected chi connectivity index (χ2v) is 4.63. The summed E-state index contributed by atoms with van der Waals surface area (Å²) in [6.07, 6.45) is 3.55. The Balaban J connectivity index is 3.93. The molecule has 0 aliphatic rings. The summed E-state index contributed by atoms with van der Waals surface area (Å²) in [6, 6.07) is 0.609. The lowest BCUT2D eigenvalue weighted by molar-refractivity contribution is 0.280. The molecule has 0 aromatic heterocycles. The van der Waals surface area contributed by atoms with Gasteiger partial charge < -0.3 is 10.2 Å². The van der Waals surface area contributed by atoms with Gasteiger partial charge in [-0.2, -0.15) is 0 Å². The van der Waals surface area contributed by atoms with Crippen molar-refractivity contribution in [2.45, 2.75) is 53.0 Å². The second-order valence-electron chi connectivity index (χ2n) is 4.63. The van der Waals surface area contributed by atoms with Gasteiger partial charge in [0, 0.05) is 6.04 Å². The van der Waals surface area contributed by atoms with Gasteiger partial charge in [0.05, 0.1) is 0 Å². The fraction of sp³-hybridized carbons (Fsp3) is 0.857. The molecule has 0 aromatic rings. The highest BCUT2D eigenvalue weighted by atomic mass is 15.1. The zero-order chi connectivity index (χ0) is 12.4. The van der Waals surface area contributed by atoms with E-state index in [1.54, 1.807) is 0 Å². The molecule has 0 spiro atoms. The van der Waals surface area contributed by atoms with Gasteiger partial charge in [-0.3, -0.25) is 0 Å². The number of nitrogens with one attached hydrogen (secondary N) is 1. The van der Waals surface area contributed by atoms with E-state index in [1.165, 1.54) is 25.0 Å². The maximum absolute atomic E-state index is 4.02. The monoisotopic (exact) mass is 226 g/mol. The van der Waals surface area contributed by atoms with Gasteiger partial charge in [-0.1, -0.05) is 26.3 Å². The molecule has 1 unspecified atom stereocenters. The molecule has 0 radical (unpaired) electrons. The largest absolute Gasteiger partial charge is 0.314 e. The summed E-state index contributed by atoms with van der Waals surface area (Å²) < 4.78 is 0. The second kappa shape index (κ2) is 9.86. The summed E-state index contributed by atoms with van der Waals surface area (Å²) in [5, 5.41) is 3.62. The summed E-state index contributed by atoms with van der Waals surface area (Å²) in [7, 11) is 0. The number of rotatable bonds is 10. The van der Waals surface area contributed by atoms with Gasteiger partial charge in [0.1, 0.15) is 0 Å². The smallest absolute Gasteiger partial charge is 0.0116 e. The Bertz CT molecular complexity index is 174. The molecule has 0 amide bonds. The molecular formula is C14H30N2. The summed E-state index contributed by atoms with van der Waals surface area (Å²) in [5.41, 5.74) is 1.29. The summed E-state index contributed by atoms with van der Waals surface area (Å²) in [6.45, 7) is 17.5. The van der Waals surface area contributed by atoms with Crippen molar-refractivity contribution >= 4 is 0 Å². The highest BCUT2D eigenvalue weighted by molar-refractivity contribution is 4.93. The van der Waals surface area contributed by atoms with Crippen molar-refractivity contribution in [2.75, 3.05) is 26.2 Å². The highest BCUT2D eigenvalue weighted by Gasteiger charge is 2.09. The first-order valence-electron chi connectivity index (χ1n) is 6.74. The van der Waals surface area contributed by atoms with E-state index in [0.29, 0.717) is 6.04 Å². The van der Waals surface area contributed by atoms with Gasteiger partial charge in [0.25, 0.3) is 0 Å². The number of hydrogen-bond donors (Lipinski definition) is 1. The molecule has 0 heterocycles. The van der Waals surface area contributed by atoms with Crippen molar-refractivity contribution in [3.05, 3.63) is 12.2 Å². The van der Waals surface area contributed by atoms with Crippen molar-refractivity contribution in [2.24, 2.45) is 0 Å². The Morgan fingerprint density at radius 2 is 1.88 bits per heavy atom. The third-order valence-electron chi connectivity index (χ3n) is 2.97. The lowest BCUT2D eigenvalue weighted by atomic mass is 10.1.